The summed E-state index contributed by atoms with van der Waals surface area (Å²) in [6.07, 6.45) is 1.15. The maximum atomic E-state index is 12.4. The summed E-state index contributed by atoms with van der Waals surface area (Å²) in [7, 11) is -3.55. The fraction of sp³-hybridized carbons (Fsp3) is 0.208. The van der Waals surface area contributed by atoms with Crippen molar-refractivity contribution in [2.24, 2.45) is 0 Å². The Bertz CT molecular complexity index is 1210. The van der Waals surface area contributed by atoms with E-state index in [-0.39, 0.29) is 12.5 Å². The van der Waals surface area contributed by atoms with Gasteiger partial charge in [0.15, 0.2) is 0 Å². The zero-order chi connectivity index (χ0) is 24.0. The molecule has 0 aliphatic heterocycles. The number of carbonyl (C=O) groups excluding carboxylic acids is 1. The Hall–Kier alpha value is -2.74. The number of benzene rings is 3. The molecule has 3 aromatic carbocycles. The van der Waals surface area contributed by atoms with Crippen molar-refractivity contribution in [2.75, 3.05) is 23.7 Å². The van der Waals surface area contributed by atoms with Crippen molar-refractivity contribution in [3.63, 3.8) is 0 Å². The molecule has 0 saturated heterocycles. The summed E-state index contributed by atoms with van der Waals surface area (Å²) in [6, 6.07) is 18.9. The van der Waals surface area contributed by atoms with Crippen LogP contribution in [0.3, 0.4) is 0 Å². The molecule has 0 bridgehead atoms. The first-order valence-electron chi connectivity index (χ1n) is 10.1. The summed E-state index contributed by atoms with van der Waals surface area (Å²) in [4.78, 5) is 12.4. The van der Waals surface area contributed by atoms with Crippen LogP contribution in [0.4, 0.5) is 5.69 Å². The van der Waals surface area contributed by atoms with Crippen molar-refractivity contribution in [3.05, 3.63) is 93.5 Å². The van der Waals surface area contributed by atoms with E-state index in [1.54, 1.807) is 73.7 Å². The van der Waals surface area contributed by atoms with Gasteiger partial charge in [-0.25, -0.2) is 8.42 Å². The van der Waals surface area contributed by atoms with E-state index >= 15 is 0 Å². The molecule has 0 aromatic heterocycles. The number of ether oxygens (including phenoxy) is 1. The van der Waals surface area contributed by atoms with Crippen LogP contribution in [0.5, 0.6) is 5.75 Å². The summed E-state index contributed by atoms with van der Waals surface area (Å²) >= 11 is 12.0. The molecule has 33 heavy (non-hydrogen) atoms. The molecular weight excluding hydrogens is 483 g/mol. The smallest absolute Gasteiger partial charge is 0.251 e. The number of nitrogens with zero attached hydrogens (tertiary/aromatic N) is 1. The highest BCUT2D eigenvalue weighted by Gasteiger charge is 2.20. The Labute approximate surface area is 204 Å². The molecule has 1 N–H and O–H groups in total. The van der Waals surface area contributed by atoms with Gasteiger partial charge in [-0.15, -0.1) is 0 Å². The first kappa shape index (κ1) is 24.9. The van der Waals surface area contributed by atoms with Crippen LogP contribution in [-0.2, 0) is 16.6 Å². The molecule has 1 amide bonds. The third-order valence-electron chi connectivity index (χ3n) is 4.92. The Balaban J connectivity index is 1.60. The Kier molecular flexibility index (Phi) is 8.24. The molecule has 0 fully saturated rings. The highest BCUT2D eigenvalue weighted by atomic mass is 35.5. The average Bonchev–Trinajstić information content (AvgIpc) is 2.78. The number of nitrogens with one attached hydrogen (secondary N) is 1. The molecule has 0 radical (unpaired) electrons. The van der Waals surface area contributed by atoms with Crippen molar-refractivity contribution in [1.29, 1.82) is 0 Å². The van der Waals surface area contributed by atoms with Gasteiger partial charge in [0.25, 0.3) is 5.91 Å². The van der Waals surface area contributed by atoms with Gasteiger partial charge < -0.3 is 10.1 Å². The molecule has 0 heterocycles. The Morgan fingerprint density at radius 1 is 1.00 bits per heavy atom. The minimum absolute atomic E-state index is 0.122. The van der Waals surface area contributed by atoms with E-state index in [4.69, 9.17) is 27.9 Å². The number of carbonyl (C=O) groups is 1. The number of anilines is 1. The van der Waals surface area contributed by atoms with Crippen molar-refractivity contribution in [2.45, 2.75) is 13.5 Å². The zero-order valence-corrected chi connectivity index (χ0v) is 20.5. The fourth-order valence-electron chi connectivity index (χ4n) is 3.14. The number of hydrogen-bond acceptors (Lipinski definition) is 4. The topological polar surface area (TPSA) is 75.7 Å². The van der Waals surface area contributed by atoms with E-state index in [0.717, 1.165) is 11.8 Å². The molecular formula is C24H24Cl2N2O4S. The predicted octanol–water partition coefficient (Wildman–Crippen LogP) is 5.08. The van der Waals surface area contributed by atoms with Crippen LogP contribution >= 0.6 is 23.2 Å². The molecule has 0 unspecified atom stereocenters. The molecule has 0 aliphatic rings. The van der Waals surface area contributed by atoms with E-state index < -0.39 is 10.0 Å². The van der Waals surface area contributed by atoms with Crippen LogP contribution in [-0.4, -0.2) is 33.7 Å². The predicted molar refractivity (Wildman–Crippen MR) is 133 cm³/mol. The molecule has 0 spiro atoms. The molecule has 0 saturated carbocycles. The second-order valence-corrected chi connectivity index (χ2v) is 10.2. The van der Waals surface area contributed by atoms with Crippen LogP contribution in [0, 0.1) is 6.92 Å². The van der Waals surface area contributed by atoms with Crippen molar-refractivity contribution >= 4 is 44.8 Å². The summed E-state index contributed by atoms with van der Waals surface area (Å²) in [5.41, 5.74) is 2.41. The maximum absolute atomic E-state index is 12.4. The monoisotopic (exact) mass is 506 g/mol. The zero-order valence-electron chi connectivity index (χ0n) is 18.2. The van der Waals surface area contributed by atoms with Crippen LogP contribution in [0.2, 0.25) is 10.0 Å². The SMILES string of the molecule is Cc1c(Cl)cccc1N(Cc1ccc(C(=O)NCCOc2ccc(Cl)cc2)cc1)S(C)(=O)=O. The highest BCUT2D eigenvalue weighted by molar-refractivity contribution is 7.92. The number of amides is 1. The Morgan fingerprint density at radius 2 is 1.67 bits per heavy atom. The molecule has 174 valence electrons. The molecule has 0 atom stereocenters. The third-order valence-corrected chi connectivity index (χ3v) is 6.71. The molecule has 3 rings (SSSR count). The lowest BCUT2D eigenvalue weighted by Gasteiger charge is -2.24. The van der Waals surface area contributed by atoms with Crippen LogP contribution in [0.25, 0.3) is 0 Å². The largest absolute Gasteiger partial charge is 0.492 e. The number of halogens is 2. The standard InChI is InChI=1S/C24H24Cl2N2O4S/c1-17-22(26)4-3-5-23(17)28(33(2,30)31)16-18-6-8-19(9-7-18)24(29)27-14-15-32-21-12-10-20(25)11-13-21/h3-13H,14-16H2,1-2H3,(H,27,29). The van der Waals surface area contributed by atoms with E-state index in [1.807, 2.05) is 0 Å². The second kappa shape index (κ2) is 10.9. The van der Waals surface area contributed by atoms with Crippen molar-refractivity contribution < 1.29 is 17.9 Å². The summed E-state index contributed by atoms with van der Waals surface area (Å²) in [5, 5.41) is 3.91. The average molecular weight is 507 g/mol. The first-order chi connectivity index (χ1) is 15.6. The quantitative estimate of drug-likeness (QED) is 0.410. The fourth-order valence-corrected chi connectivity index (χ4v) is 4.38. The van der Waals surface area contributed by atoms with E-state index in [2.05, 4.69) is 5.32 Å². The van der Waals surface area contributed by atoms with E-state index in [9.17, 15) is 13.2 Å². The lowest BCUT2D eigenvalue weighted by atomic mass is 10.1. The molecule has 6 nitrogen and oxygen atoms in total. The summed E-state index contributed by atoms with van der Waals surface area (Å²) < 4.78 is 31.7. The van der Waals surface area contributed by atoms with Crippen LogP contribution in [0.15, 0.2) is 66.7 Å². The number of sulfonamides is 1. The number of rotatable bonds is 9. The normalized spacial score (nSPS) is 11.2. The van der Waals surface area contributed by atoms with Gasteiger partial charge in [0.2, 0.25) is 10.0 Å². The van der Waals surface area contributed by atoms with Crippen LogP contribution in [0.1, 0.15) is 21.5 Å². The second-order valence-electron chi connectivity index (χ2n) is 7.41. The minimum Gasteiger partial charge on any atom is -0.492 e. The van der Waals surface area contributed by atoms with Gasteiger partial charge in [0.05, 0.1) is 25.0 Å². The summed E-state index contributed by atoms with van der Waals surface area (Å²) in [6.45, 7) is 2.55. The van der Waals surface area contributed by atoms with Gasteiger partial charge in [0, 0.05) is 15.6 Å². The van der Waals surface area contributed by atoms with Gasteiger partial charge in [-0.3, -0.25) is 9.10 Å². The maximum Gasteiger partial charge on any atom is 0.251 e. The third kappa shape index (κ3) is 6.87. The molecule has 9 heteroatoms. The van der Waals surface area contributed by atoms with Gasteiger partial charge in [-0.2, -0.15) is 0 Å². The highest BCUT2D eigenvalue weighted by Crippen LogP contribution is 2.29. The van der Waals surface area contributed by atoms with E-state index in [1.165, 1.54) is 4.31 Å². The van der Waals surface area contributed by atoms with Gasteiger partial charge >= 0.3 is 0 Å². The van der Waals surface area contributed by atoms with Gasteiger partial charge in [-0.05, 0) is 66.6 Å². The van der Waals surface area contributed by atoms with Gasteiger partial charge in [0.1, 0.15) is 12.4 Å². The summed E-state index contributed by atoms with van der Waals surface area (Å²) in [5.74, 6) is 0.426. The first-order valence-corrected chi connectivity index (χ1v) is 12.7. The lowest BCUT2D eigenvalue weighted by Crippen LogP contribution is -2.30. The minimum atomic E-state index is -3.55. The number of hydrogen-bond donors (Lipinski definition) is 1. The van der Waals surface area contributed by atoms with Gasteiger partial charge in [-0.1, -0.05) is 41.4 Å². The van der Waals surface area contributed by atoms with E-state index in [0.29, 0.717) is 45.8 Å². The van der Waals surface area contributed by atoms with Crippen LogP contribution < -0.4 is 14.4 Å². The molecule has 0 aliphatic carbocycles. The lowest BCUT2D eigenvalue weighted by molar-refractivity contribution is 0.0947. The Morgan fingerprint density at radius 3 is 2.30 bits per heavy atom. The van der Waals surface area contributed by atoms with Crippen molar-refractivity contribution in [3.8, 4) is 5.75 Å². The molecule has 3 aromatic rings. The van der Waals surface area contributed by atoms with Crippen molar-refractivity contribution in [1.82, 2.24) is 5.32 Å².